The molecule has 7 nitrogen and oxygen atoms in total. The molecule has 1 aliphatic rings. The lowest BCUT2D eigenvalue weighted by Gasteiger charge is -2.24. The minimum Gasteiger partial charge on any atom is -0.457 e. The largest absolute Gasteiger partial charge is 0.457 e. The smallest absolute Gasteiger partial charge is 0.338 e. The third kappa shape index (κ3) is 5.09. The van der Waals surface area contributed by atoms with E-state index in [1.165, 1.54) is 6.07 Å². The Morgan fingerprint density at radius 2 is 1.56 bits per heavy atom. The molecule has 1 aliphatic heterocycles. The van der Waals surface area contributed by atoms with Gasteiger partial charge in [-0.3, -0.25) is 0 Å². The van der Waals surface area contributed by atoms with Crippen LogP contribution in [0.1, 0.15) is 28.8 Å². The van der Waals surface area contributed by atoms with Gasteiger partial charge >= 0.3 is 5.97 Å². The number of carbonyl (C=O) groups is 1. The number of esters is 1. The second kappa shape index (κ2) is 9.42. The molecule has 0 atom stereocenters. The Hall–Kier alpha value is -3.36. The van der Waals surface area contributed by atoms with Crippen LogP contribution >= 0.6 is 0 Å². The number of hydrogen-bond donors (Lipinski definition) is 1. The van der Waals surface area contributed by atoms with E-state index in [0.29, 0.717) is 11.4 Å². The molecule has 1 heterocycles. The van der Waals surface area contributed by atoms with Crippen molar-refractivity contribution in [3.8, 4) is 11.5 Å². The van der Waals surface area contributed by atoms with E-state index in [4.69, 9.17) is 14.6 Å². The van der Waals surface area contributed by atoms with E-state index in [-0.39, 0.29) is 22.8 Å². The van der Waals surface area contributed by atoms with Gasteiger partial charge in [-0.25, -0.2) is 18.4 Å². The Morgan fingerprint density at radius 1 is 0.938 bits per heavy atom. The maximum absolute atomic E-state index is 12.8. The van der Waals surface area contributed by atoms with E-state index in [2.05, 4.69) is 0 Å². The SMILES string of the molecule is NS(=O)(=O)c1cc(C(=O)OCc2ccccc2)cc(N2CCCC2)c1Oc1ccccc1. The first kappa shape index (κ1) is 21.9. The number of anilines is 1. The van der Waals surface area contributed by atoms with Gasteiger partial charge in [0.25, 0.3) is 0 Å². The lowest BCUT2D eigenvalue weighted by Crippen LogP contribution is -2.22. The van der Waals surface area contributed by atoms with Crippen molar-refractivity contribution >= 4 is 21.7 Å². The molecule has 4 rings (SSSR count). The summed E-state index contributed by atoms with van der Waals surface area (Å²) in [5.41, 5.74) is 1.44. The molecule has 166 valence electrons. The van der Waals surface area contributed by atoms with Crippen molar-refractivity contribution in [2.45, 2.75) is 24.3 Å². The lowest BCUT2D eigenvalue weighted by molar-refractivity contribution is 0.0472. The average molecular weight is 453 g/mol. The van der Waals surface area contributed by atoms with Crippen LogP contribution in [0.15, 0.2) is 77.7 Å². The third-order valence-corrected chi connectivity index (χ3v) is 6.12. The maximum Gasteiger partial charge on any atom is 0.338 e. The second-order valence-electron chi connectivity index (χ2n) is 7.54. The van der Waals surface area contributed by atoms with E-state index >= 15 is 0 Å². The fourth-order valence-corrected chi connectivity index (χ4v) is 4.32. The molecule has 0 unspecified atom stereocenters. The van der Waals surface area contributed by atoms with Crippen LogP contribution in [0.5, 0.6) is 11.5 Å². The number of sulfonamides is 1. The van der Waals surface area contributed by atoms with E-state index in [0.717, 1.165) is 31.5 Å². The fraction of sp³-hybridized carbons (Fsp3) is 0.208. The number of hydrogen-bond acceptors (Lipinski definition) is 6. The van der Waals surface area contributed by atoms with E-state index < -0.39 is 16.0 Å². The van der Waals surface area contributed by atoms with Crippen LogP contribution in [-0.2, 0) is 21.4 Å². The summed E-state index contributed by atoms with van der Waals surface area (Å²) in [4.78, 5) is 14.6. The standard InChI is InChI=1S/C24H24N2O5S/c25-32(28,29)22-16-19(24(27)30-17-18-9-3-1-4-10-18)15-21(26-13-7-8-14-26)23(22)31-20-11-5-2-6-12-20/h1-6,9-12,15-16H,7-8,13-14,17H2,(H2,25,28,29). The van der Waals surface area contributed by atoms with E-state index in [1.54, 1.807) is 30.3 Å². The van der Waals surface area contributed by atoms with Crippen LogP contribution in [0.3, 0.4) is 0 Å². The van der Waals surface area contributed by atoms with Gasteiger partial charge in [-0.05, 0) is 42.7 Å². The van der Waals surface area contributed by atoms with E-state index in [9.17, 15) is 13.2 Å². The van der Waals surface area contributed by atoms with Gasteiger partial charge in [0.05, 0.1) is 11.3 Å². The molecule has 0 amide bonds. The molecule has 8 heteroatoms. The van der Waals surface area contributed by atoms with Crippen molar-refractivity contribution in [2.75, 3.05) is 18.0 Å². The van der Waals surface area contributed by atoms with E-state index in [1.807, 2.05) is 41.3 Å². The summed E-state index contributed by atoms with van der Waals surface area (Å²) < 4.78 is 36.4. The minimum atomic E-state index is -4.19. The van der Waals surface area contributed by atoms with Crippen LogP contribution in [0.2, 0.25) is 0 Å². The first-order valence-corrected chi connectivity index (χ1v) is 11.9. The van der Waals surface area contributed by atoms with Crippen molar-refractivity contribution in [1.29, 1.82) is 0 Å². The van der Waals surface area contributed by atoms with Crippen LogP contribution in [0.25, 0.3) is 0 Å². The Balaban J connectivity index is 1.74. The Labute approximate surface area is 187 Å². The molecule has 32 heavy (non-hydrogen) atoms. The summed E-state index contributed by atoms with van der Waals surface area (Å²) in [5, 5.41) is 5.53. The van der Waals surface area contributed by atoms with Crippen LogP contribution in [0, 0.1) is 0 Å². The monoisotopic (exact) mass is 452 g/mol. The number of nitrogens with zero attached hydrogens (tertiary/aromatic N) is 1. The number of nitrogens with two attached hydrogens (primary N) is 1. The summed E-state index contributed by atoms with van der Waals surface area (Å²) in [6, 6.07) is 21.0. The zero-order chi connectivity index (χ0) is 22.6. The predicted octanol–water partition coefficient (Wildman–Crippen LogP) is 4.08. The van der Waals surface area contributed by atoms with Crippen LogP contribution in [0.4, 0.5) is 5.69 Å². The van der Waals surface area contributed by atoms with Gasteiger partial charge in [0, 0.05) is 13.1 Å². The number of benzene rings is 3. The quantitative estimate of drug-likeness (QED) is 0.542. The molecule has 0 aliphatic carbocycles. The number of rotatable bonds is 7. The Morgan fingerprint density at radius 3 is 2.19 bits per heavy atom. The predicted molar refractivity (Wildman–Crippen MR) is 121 cm³/mol. The molecule has 0 saturated carbocycles. The zero-order valence-electron chi connectivity index (χ0n) is 17.4. The summed E-state index contributed by atoms with van der Waals surface area (Å²) in [6.07, 6.45) is 1.91. The minimum absolute atomic E-state index is 0.0751. The van der Waals surface area contributed by atoms with Gasteiger partial charge in [0.1, 0.15) is 17.3 Å². The molecule has 0 aromatic heterocycles. The van der Waals surface area contributed by atoms with Crippen LogP contribution < -0.4 is 14.8 Å². The van der Waals surface area contributed by atoms with Gasteiger partial charge in [0.15, 0.2) is 5.75 Å². The van der Waals surface area contributed by atoms with Crippen molar-refractivity contribution in [3.63, 3.8) is 0 Å². The molecule has 3 aromatic rings. The number of para-hydroxylation sites is 1. The number of primary sulfonamides is 1. The summed E-state index contributed by atoms with van der Waals surface area (Å²) in [6.45, 7) is 1.52. The maximum atomic E-state index is 12.8. The zero-order valence-corrected chi connectivity index (χ0v) is 18.3. The summed E-state index contributed by atoms with van der Waals surface area (Å²) in [7, 11) is -4.19. The van der Waals surface area contributed by atoms with Gasteiger partial charge in [0.2, 0.25) is 10.0 Å². The third-order valence-electron chi connectivity index (χ3n) is 5.20. The Bertz CT molecular complexity index is 1190. The van der Waals surface area contributed by atoms with Crippen LogP contribution in [-0.4, -0.2) is 27.5 Å². The van der Waals surface area contributed by atoms with Gasteiger partial charge in [-0.15, -0.1) is 0 Å². The highest BCUT2D eigenvalue weighted by atomic mass is 32.2. The van der Waals surface area contributed by atoms with Gasteiger partial charge in [-0.1, -0.05) is 48.5 Å². The lowest BCUT2D eigenvalue weighted by atomic mass is 10.1. The molecule has 0 bridgehead atoms. The summed E-state index contributed by atoms with van der Waals surface area (Å²) in [5.74, 6) is -0.0529. The molecule has 3 aromatic carbocycles. The van der Waals surface area contributed by atoms with Gasteiger partial charge in [-0.2, -0.15) is 0 Å². The normalized spacial score (nSPS) is 13.7. The Kier molecular flexibility index (Phi) is 6.43. The van der Waals surface area contributed by atoms with Crippen molar-refractivity contribution in [1.82, 2.24) is 0 Å². The molecule has 1 fully saturated rings. The molecular formula is C24H24N2O5S. The van der Waals surface area contributed by atoms with Crippen molar-refractivity contribution in [2.24, 2.45) is 5.14 Å². The van der Waals surface area contributed by atoms with Crippen molar-refractivity contribution < 1.29 is 22.7 Å². The summed E-state index contributed by atoms with van der Waals surface area (Å²) >= 11 is 0. The molecular weight excluding hydrogens is 428 g/mol. The molecule has 0 radical (unpaired) electrons. The fourth-order valence-electron chi connectivity index (χ4n) is 3.63. The van der Waals surface area contributed by atoms with Gasteiger partial charge < -0.3 is 14.4 Å². The molecule has 0 spiro atoms. The number of carbonyl (C=O) groups excluding carboxylic acids is 1. The topological polar surface area (TPSA) is 98.9 Å². The first-order valence-electron chi connectivity index (χ1n) is 10.3. The number of ether oxygens (including phenoxy) is 2. The molecule has 2 N–H and O–H groups in total. The first-order chi connectivity index (χ1) is 15.4. The highest BCUT2D eigenvalue weighted by molar-refractivity contribution is 7.89. The molecule has 1 saturated heterocycles. The average Bonchev–Trinajstić information content (AvgIpc) is 3.33. The van der Waals surface area contributed by atoms with Crippen molar-refractivity contribution in [3.05, 3.63) is 83.9 Å². The highest BCUT2D eigenvalue weighted by Gasteiger charge is 2.27. The second-order valence-corrected chi connectivity index (χ2v) is 9.07. The highest BCUT2D eigenvalue weighted by Crippen LogP contribution is 2.40.